The molecule has 8 heteroatoms. The van der Waals surface area contributed by atoms with Gasteiger partial charge in [0.25, 0.3) is 0 Å². The maximum atomic E-state index is 15.1. The zero-order valence-electron chi connectivity index (χ0n) is 16.2. The number of carbonyl (C=O) groups is 1. The second-order valence-electron chi connectivity index (χ2n) is 7.92. The van der Waals surface area contributed by atoms with E-state index in [2.05, 4.69) is 4.99 Å². The number of nitrogens with zero attached hydrogens (tertiary/aromatic N) is 2. The lowest BCUT2D eigenvalue weighted by atomic mass is 9.87. The minimum atomic E-state index is -1.62. The second-order valence-corrected chi connectivity index (χ2v) is 8.74. The number of halogens is 4. The van der Waals surface area contributed by atoms with Gasteiger partial charge in [-0.3, -0.25) is 4.99 Å². The summed E-state index contributed by atoms with van der Waals surface area (Å²) in [5, 5.41) is 9.91. The lowest BCUT2D eigenvalue weighted by Gasteiger charge is -2.35. The number of carboxylic acid groups (broad SMARTS) is 1. The molecule has 1 N–H and O–H groups in total. The third-order valence-corrected chi connectivity index (χ3v) is 6.57. The van der Waals surface area contributed by atoms with Gasteiger partial charge >= 0.3 is 5.97 Å². The lowest BCUT2D eigenvalue weighted by molar-refractivity contribution is -0.143. The smallest absolute Gasteiger partial charge is 0.333 e. The Kier molecular flexibility index (Phi) is 5.49. The predicted octanol–water partition coefficient (Wildman–Crippen LogP) is 6.26. The normalized spacial score (nSPS) is 24.4. The molecular formula is C22H20Cl2F2N2O2. The van der Waals surface area contributed by atoms with Crippen LogP contribution in [0.4, 0.5) is 14.5 Å². The average molecular weight is 453 g/mol. The summed E-state index contributed by atoms with van der Waals surface area (Å²) in [5.74, 6) is -1.91. The molecule has 0 aromatic heterocycles. The van der Waals surface area contributed by atoms with Crippen molar-refractivity contribution in [2.75, 3.05) is 4.90 Å². The fourth-order valence-corrected chi connectivity index (χ4v) is 4.83. The molecule has 4 rings (SSSR count). The van der Waals surface area contributed by atoms with E-state index < -0.39 is 29.2 Å². The number of benzene rings is 2. The summed E-state index contributed by atoms with van der Waals surface area (Å²) < 4.78 is 29.0. The molecule has 1 heterocycles. The first-order chi connectivity index (χ1) is 14.2. The van der Waals surface area contributed by atoms with Crippen LogP contribution < -0.4 is 4.90 Å². The monoisotopic (exact) mass is 452 g/mol. The van der Waals surface area contributed by atoms with Gasteiger partial charge < -0.3 is 10.0 Å². The summed E-state index contributed by atoms with van der Waals surface area (Å²) in [7, 11) is 0. The van der Waals surface area contributed by atoms with E-state index in [1.807, 2.05) is 0 Å². The molecular weight excluding hydrogens is 433 g/mol. The minimum absolute atomic E-state index is 0.00276. The van der Waals surface area contributed by atoms with Crippen LogP contribution in [0.3, 0.4) is 0 Å². The van der Waals surface area contributed by atoms with E-state index >= 15 is 4.39 Å². The lowest BCUT2D eigenvalue weighted by Crippen LogP contribution is -2.44. The third-order valence-electron chi connectivity index (χ3n) is 5.99. The Bertz CT molecular complexity index is 1040. The molecule has 158 valence electrons. The maximum absolute atomic E-state index is 15.1. The van der Waals surface area contributed by atoms with Crippen LogP contribution in [0.2, 0.25) is 10.0 Å². The molecule has 1 saturated carbocycles. The van der Waals surface area contributed by atoms with E-state index in [-0.39, 0.29) is 21.7 Å². The van der Waals surface area contributed by atoms with Gasteiger partial charge in [-0.05, 0) is 49.6 Å². The molecule has 1 aliphatic carbocycles. The molecule has 0 amide bonds. The fourth-order valence-electron chi connectivity index (χ4n) is 4.47. The van der Waals surface area contributed by atoms with E-state index in [0.29, 0.717) is 11.4 Å². The van der Waals surface area contributed by atoms with Crippen LogP contribution in [-0.4, -0.2) is 22.5 Å². The van der Waals surface area contributed by atoms with Crippen molar-refractivity contribution in [3.63, 3.8) is 0 Å². The highest BCUT2D eigenvalue weighted by atomic mass is 35.5. The first kappa shape index (κ1) is 21.1. The standard InChI is InChI=1S/C22H20Cl2F2N2O2/c1-22(21(29)30)19(13-9-10-16(25)15(24)11-13)28(17-8-4-7-14(23)18(17)26)20(27-22)12-5-2-3-6-12/h4,7-12,19H,2-3,5-6H2,1H3,(H,29,30). The zero-order chi connectivity index (χ0) is 21.6. The Morgan fingerprint density at radius 3 is 2.50 bits per heavy atom. The van der Waals surface area contributed by atoms with Crippen LogP contribution >= 0.6 is 23.2 Å². The van der Waals surface area contributed by atoms with Crippen molar-refractivity contribution >= 4 is 40.7 Å². The van der Waals surface area contributed by atoms with Gasteiger partial charge in [0, 0.05) is 5.92 Å². The summed E-state index contributed by atoms with van der Waals surface area (Å²) in [4.78, 5) is 18.6. The molecule has 0 radical (unpaired) electrons. The molecule has 0 bridgehead atoms. The van der Waals surface area contributed by atoms with Gasteiger partial charge in [-0.15, -0.1) is 0 Å². The highest BCUT2D eigenvalue weighted by Crippen LogP contribution is 2.48. The zero-order valence-corrected chi connectivity index (χ0v) is 17.7. The van der Waals surface area contributed by atoms with E-state index in [9.17, 15) is 14.3 Å². The largest absolute Gasteiger partial charge is 0.479 e. The first-order valence-corrected chi connectivity index (χ1v) is 10.5. The molecule has 4 nitrogen and oxygen atoms in total. The maximum Gasteiger partial charge on any atom is 0.333 e. The number of anilines is 1. The van der Waals surface area contributed by atoms with Crippen LogP contribution in [0.5, 0.6) is 0 Å². The Balaban J connectivity index is 1.96. The summed E-state index contributed by atoms with van der Waals surface area (Å²) in [5.41, 5.74) is -1.04. The van der Waals surface area contributed by atoms with Gasteiger partial charge in [-0.25, -0.2) is 13.6 Å². The number of hydrogen-bond acceptors (Lipinski definition) is 3. The van der Waals surface area contributed by atoms with Gasteiger partial charge in [0.2, 0.25) is 0 Å². The van der Waals surface area contributed by atoms with Crippen LogP contribution in [-0.2, 0) is 4.79 Å². The number of aliphatic carboxylic acids is 1. The molecule has 2 atom stereocenters. The molecule has 1 fully saturated rings. The highest BCUT2D eigenvalue weighted by Gasteiger charge is 2.54. The first-order valence-electron chi connectivity index (χ1n) is 9.75. The van der Waals surface area contributed by atoms with E-state index in [0.717, 1.165) is 25.7 Å². The van der Waals surface area contributed by atoms with Crippen molar-refractivity contribution < 1.29 is 18.7 Å². The third kappa shape index (κ3) is 3.36. The average Bonchev–Trinajstić information content (AvgIpc) is 3.33. The molecule has 2 aliphatic rings. The summed E-state index contributed by atoms with van der Waals surface area (Å²) in [6.45, 7) is 1.49. The summed E-state index contributed by atoms with van der Waals surface area (Å²) in [6.07, 6.45) is 3.66. The fraction of sp³-hybridized carbons (Fsp3) is 0.364. The highest BCUT2D eigenvalue weighted by molar-refractivity contribution is 6.31. The van der Waals surface area contributed by atoms with Crippen molar-refractivity contribution in [2.45, 2.75) is 44.2 Å². The van der Waals surface area contributed by atoms with Gasteiger partial charge in [0.1, 0.15) is 11.7 Å². The number of amidine groups is 1. The molecule has 30 heavy (non-hydrogen) atoms. The Hall–Kier alpha value is -2.18. The van der Waals surface area contributed by atoms with Crippen LogP contribution in [0.25, 0.3) is 0 Å². The van der Waals surface area contributed by atoms with Crippen LogP contribution in [0, 0.1) is 17.6 Å². The Morgan fingerprint density at radius 1 is 1.17 bits per heavy atom. The molecule has 2 aromatic carbocycles. The molecule has 0 spiro atoms. The summed E-state index contributed by atoms with van der Waals surface area (Å²) >= 11 is 12.0. The minimum Gasteiger partial charge on any atom is -0.479 e. The quantitative estimate of drug-likeness (QED) is 0.594. The topological polar surface area (TPSA) is 52.9 Å². The molecule has 0 saturated heterocycles. The van der Waals surface area contributed by atoms with Crippen molar-refractivity contribution in [1.82, 2.24) is 0 Å². The number of carboxylic acids is 1. The predicted molar refractivity (Wildman–Crippen MR) is 113 cm³/mol. The van der Waals surface area contributed by atoms with Crippen molar-refractivity contribution in [3.05, 3.63) is 63.6 Å². The number of rotatable bonds is 4. The van der Waals surface area contributed by atoms with Gasteiger partial charge in [0.15, 0.2) is 11.4 Å². The van der Waals surface area contributed by atoms with E-state index in [1.54, 1.807) is 17.0 Å². The van der Waals surface area contributed by atoms with E-state index in [4.69, 9.17) is 23.2 Å². The van der Waals surface area contributed by atoms with Crippen molar-refractivity contribution in [1.29, 1.82) is 0 Å². The van der Waals surface area contributed by atoms with E-state index in [1.165, 1.54) is 31.2 Å². The number of aliphatic imine (C=N–C) groups is 1. The molecule has 2 aromatic rings. The second kappa shape index (κ2) is 7.82. The SMILES string of the molecule is CC1(C(=O)O)N=C(C2CCCC2)N(c2cccc(Cl)c2F)C1c1ccc(F)c(Cl)c1. The number of hydrogen-bond donors (Lipinski definition) is 1. The Morgan fingerprint density at radius 2 is 1.87 bits per heavy atom. The van der Waals surface area contributed by atoms with Gasteiger partial charge in [-0.2, -0.15) is 0 Å². The van der Waals surface area contributed by atoms with Crippen molar-refractivity contribution in [3.8, 4) is 0 Å². The Labute approximate surface area is 183 Å². The van der Waals surface area contributed by atoms with Gasteiger partial charge in [-0.1, -0.05) is 48.2 Å². The molecule has 2 unspecified atom stereocenters. The molecule has 1 aliphatic heterocycles. The summed E-state index contributed by atoms with van der Waals surface area (Å²) in [6, 6.07) is 7.70. The van der Waals surface area contributed by atoms with Crippen molar-refractivity contribution in [2.24, 2.45) is 10.9 Å². The van der Waals surface area contributed by atoms with Crippen LogP contribution in [0.1, 0.15) is 44.2 Å². The van der Waals surface area contributed by atoms with Crippen LogP contribution in [0.15, 0.2) is 41.4 Å². The van der Waals surface area contributed by atoms with Gasteiger partial charge in [0.05, 0.1) is 21.8 Å².